The number of nitrogens with zero attached hydrogens (tertiary/aromatic N) is 1. The molecule has 0 bridgehead atoms. The molecular formula is C16H26N2O. The maximum atomic E-state index is 5.83. The van der Waals surface area contributed by atoms with Gasteiger partial charge in [-0.1, -0.05) is 12.1 Å². The molecule has 1 aromatic carbocycles. The van der Waals surface area contributed by atoms with Crippen molar-refractivity contribution in [2.75, 3.05) is 32.8 Å². The molecule has 1 aromatic rings. The van der Waals surface area contributed by atoms with E-state index in [1.807, 2.05) is 12.1 Å². The average molecular weight is 262 g/mol. The Morgan fingerprint density at radius 2 is 2.26 bits per heavy atom. The maximum absolute atomic E-state index is 5.83. The largest absolute Gasteiger partial charge is 0.492 e. The van der Waals surface area contributed by atoms with Crippen molar-refractivity contribution in [1.82, 2.24) is 10.2 Å². The molecule has 1 saturated heterocycles. The predicted octanol–water partition coefficient (Wildman–Crippen LogP) is 2.45. The molecule has 3 nitrogen and oxygen atoms in total. The van der Waals surface area contributed by atoms with Gasteiger partial charge in [0.15, 0.2) is 0 Å². The quantitative estimate of drug-likeness (QED) is 0.902. The zero-order chi connectivity index (χ0) is 13.5. The fourth-order valence-electron chi connectivity index (χ4n) is 2.46. The molecule has 1 unspecified atom stereocenters. The van der Waals surface area contributed by atoms with Crippen LogP contribution >= 0.6 is 0 Å². The molecule has 2 rings (SSSR count). The van der Waals surface area contributed by atoms with Gasteiger partial charge in [0.25, 0.3) is 0 Å². The first-order valence-electron chi connectivity index (χ1n) is 7.39. The van der Waals surface area contributed by atoms with Crippen molar-refractivity contribution in [2.45, 2.75) is 32.7 Å². The zero-order valence-corrected chi connectivity index (χ0v) is 12.2. The Morgan fingerprint density at radius 1 is 1.37 bits per heavy atom. The van der Waals surface area contributed by atoms with Crippen LogP contribution in [0, 0.1) is 6.92 Å². The SMILES string of the molecule is Cc1cccc(OCCN2CCCNC(C)CC2)c1. The highest BCUT2D eigenvalue weighted by Gasteiger charge is 2.11. The van der Waals surface area contributed by atoms with Gasteiger partial charge in [-0.05, 0) is 64.0 Å². The van der Waals surface area contributed by atoms with E-state index in [4.69, 9.17) is 4.74 Å². The van der Waals surface area contributed by atoms with E-state index in [2.05, 4.69) is 36.2 Å². The summed E-state index contributed by atoms with van der Waals surface area (Å²) in [5.74, 6) is 0.988. The lowest BCUT2D eigenvalue weighted by atomic mass is 10.2. The van der Waals surface area contributed by atoms with Gasteiger partial charge in [0.1, 0.15) is 12.4 Å². The predicted molar refractivity (Wildman–Crippen MR) is 79.8 cm³/mol. The molecule has 1 aliphatic rings. The van der Waals surface area contributed by atoms with E-state index in [1.165, 1.54) is 31.5 Å². The lowest BCUT2D eigenvalue weighted by molar-refractivity contribution is 0.190. The first kappa shape index (κ1) is 14.4. The zero-order valence-electron chi connectivity index (χ0n) is 12.2. The molecule has 0 spiro atoms. The Balaban J connectivity index is 1.72. The van der Waals surface area contributed by atoms with Crippen LogP contribution < -0.4 is 10.1 Å². The maximum Gasteiger partial charge on any atom is 0.119 e. The number of benzene rings is 1. The van der Waals surface area contributed by atoms with Crippen LogP contribution in [0.1, 0.15) is 25.3 Å². The first-order chi connectivity index (χ1) is 9.24. The second kappa shape index (κ2) is 7.51. The smallest absolute Gasteiger partial charge is 0.119 e. The lowest BCUT2D eigenvalue weighted by Gasteiger charge is -2.27. The molecular weight excluding hydrogens is 236 g/mol. The van der Waals surface area contributed by atoms with Crippen molar-refractivity contribution in [3.63, 3.8) is 0 Å². The second-order valence-electron chi connectivity index (χ2n) is 5.50. The number of ether oxygens (including phenoxy) is 1. The van der Waals surface area contributed by atoms with Gasteiger partial charge in [-0.15, -0.1) is 0 Å². The van der Waals surface area contributed by atoms with Crippen LogP contribution in [0.2, 0.25) is 0 Å². The van der Waals surface area contributed by atoms with Gasteiger partial charge in [-0.3, -0.25) is 4.90 Å². The topological polar surface area (TPSA) is 24.5 Å². The number of rotatable bonds is 4. The molecule has 1 N–H and O–H groups in total. The summed E-state index contributed by atoms with van der Waals surface area (Å²) in [5, 5.41) is 3.54. The molecule has 19 heavy (non-hydrogen) atoms. The van der Waals surface area contributed by atoms with Gasteiger partial charge in [0.05, 0.1) is 0 Å². The van der Waals surface area contributed by atoms with E-state index in [1.54, 1.807) is 0 Å². The molecule has 0 saturated carbocycles. The average Bonchev–Trinajstić information content (AvgIpc) is 2.37. The van der Waals surface area contributed by atoms with E-state index in [9.17, 15) is 0 Å². The standard InChI is InChI=1S/C16H26N2O/c1-14-5-3-6-16(13-14)19-12-11-18-9-4-8-17-15(2)7-10-18/h3,5-6,13,15,17H,4,7-12H2,1-2H3. The Morgan fingerprint density at radius 3 is 3.11 bits per heavy atom. The summed E-state index contributed by atoms with van der Waals surface area (Å²) in [6.07, 6.45) is 2.46. The van der Waals surface area contributed by atoms with E-state index in [0.29, 0.717) is 6.04 Å². The van der Waals surface area contributed by atoms with Gasteiger partial charge in [-0.2, -0.15) is 0 Å². The summed E-state index contributed by atoms with van der Waals surface area (Å²) in [6, 6.07) is 8.92. The summed E-state index contributed by atoms with van der Waals surface area (Å²) >= 11 is 0. The van der Waals surface area contributed by atoms with E-state index in [0.717, 1.165) is 25.4 Å². The van der Waals surface area contributed by atoms with E-state index in [-0.39, 0.29) is 0 Å². The Bertz CT molecular complexity index is 381. The Labute approximate surface area is 116 Å². The van der Waals surface area contributed by atoms with Crippen LogP contribution in [0.15, 0.2) is 24.3 Å². The summed E-state index contributed by atoms with van der Waals surface area (Å²) in [4.78, 5) is 2.52. The molecule has 0 aromatic heterocycles. The van der Waals surface area contributed by atoms with Gasteiger partial charge in [0.2, 0.25) is 0 Å². The minimum absolute atomic E-state index is 0.639. The lowest BCUT2D eigenvalue weighted by Crippen LogP contribution is -2.39. The van der Waals surface area contributed by atoms with Crippen LogP contribution in [-0.4, -0.2) is 43.7 Å². The first-order valence-corrected chi connectivity index (χ1v) is 7.39. The van der Waals surface area contributed by atoms with Crippen LogP contribution in [0.25, 0.3) is 0 Å². The van der Waals surface area contributed by atoms with Crippen molar-refractivity contribution < 1.29 is 4.74 Å². The molecule has 0 aliphatic carbocycles. The summed E-state index contributed by atoms with van der Waals surface area (Å²) in [7, 11) is 0. The number of hydrogen-bond acceptors (Lipinski definition) is 3. The van der Waals surface area contributed by atoms with Crippen LogP contribution in [0.5, 0.6) is 5.75 Å². The summed E-state index contributed by atoms with van der Waals surface area (Å²) in [5.41, 5.74) is 1.25. The fourth-order valence-corrected chi connectivity index (χ4v) is 2.46. The van der Waals surface area contributed by atoms with Gasteiger partial charge in [0, 0.05) is 12.6 Å². The van der Waals surface area contributed by atoms with Crippen molar-refractivity contribution in [3.8, 4) is 5.75 Å². The van der Waals surface area contributed by atoms with Crippen molar-refractivity contribution in [3.05, 3.63) is 29.8 Å². The van der Waals surface area contributed by atoms with Crippen molar-refractivity contribution in [2.24, 2.45) is 0 Å². The van der Waals surface area contributed by atoms with Crippen LogP contribution in [0.4, 0.5) is 0 Å². The highest BCUT2D eigenvalue weighted by molar-refractivity contribution is 5.27. The molecule has 0 radical (unpaired) electrons. The third-order valence-electron chi connectivity index (χ3n) is 3.69. The van der Waals surface area contributed by atoms with Gasteiger partial charge >= 0.3 is 0 Å². The van der Waals surface area contributed by atoms with Crippen molar-refractivity contribution in [1.29, 1.82) is 0 Å². The Hall–Kier alpha value is -1.06. The highest BCUT2D eigenvalue weighted by atomic mass is 16.5. The number of aryl methyl sites for hydroxylation is 1. The minimum atomic E-state index is 0.639. The third kappa shape index (κ3) is 5.21. The number of nitrogens with one attached hydrogen (secondary N) is 1. The van der Waals surface area contributed by atoms with Crippen LogP contribution in [0.3, 0.4) is 0 Å². The monoisotopic (exact) mass is 262 g/mol. The fraction of sp³-hybridized carbons (Fsp3) is 0.625. The Kier molecular flexibility index (Phi) is 5.67. The second-order valence-corrected chi connectivity index (χ2v) is 5.50. The molecule has 1 fully saturated rings. The van der Waals surface area contributed by atoms with E-state index < -0.39 is 0 Å². The van der Waals surface area contributed by atoms with Gasteiger partial charge < -0.3 is 10.1 Å². The summed E-state index contributed by atoms with van der Waals surface area (Å²) < 4.78 is 5.83. The van der Waals surface area contributed by atoms with Crippen molar-refractivity contribution >= 4 is 0 Å². The number of hydrogen-bond donors (Lipinski definition) is 1. The molecule has 3 heteroatoms. The molecule has 1 heterocycles. The highest BCUT2D eigenvalue weighted by Crippen LogP contribution is 2.12. The summed E-state index contributed by atoms with van der Waals surface area (Å²) in [6.45, 7) is 9.66. The molecule has 106 valence electrons. The van der Waals surface area contributed by atoms with Crippen LogP contribution in [-0.2, 0) is 0 Å². The van der Waals surface area contributed by atoms with E-state index >= 15 is 0 Å². The minimum Gasteiger partial charge on any atom is -0.492 e. The molecule has 1 atom stereocenters. The molecule has 0 amide bonds. The third-order valence-corrected chi connectivity index (χ3v) is 3.69. The van der Waals surface area contributed by atoms with Gasteiger partial charge in [-0.25, -0.2) is 0 Å². The normalized spacial score (nSPS) is 21.7. The molecule has 1 aliphatic heterocycles.